The highest BCUT2D eigenvalue weighted by Gasteiger charge is 2.25. The van der Waals surface area contributed by atoms with Gasteiger partial charge in [-0.25, -0.2) is 4.39 Å². The Morgan fingerprint density at radius 2 is 1.94 bits per heavy atom. The molecule has 0 radical (unpaired) electrons. The molecule has 1 aliphatic heterocycles. The average Bonchev–Trinajstić information content (AvgIpc) is 2.28. The first kappa shape index (κ1) is 10.7. The third kappa shape index (κ3) is 1.81. The molecular weight excluding hydrogens is 205 g/mol. The molecule has 1 heterocycles. The van der Waals surface area contributed by atoms with Crippen LogP contribution in [0.1, 0.15) is 11.6 Å². The van der Waals surface area contributed by atoms with Crippen molar-refractivity contribution in [2.45, 2.75) is 6.04 Å². The van der Waals surface area contributed by atoms with Crippen LogP contribution in [-0.4, -0.2) is 18.6 Å². The third-order valence-corrected chi connectivity index (χ3v) is 2.89. The Morgan fingerprint density at radius 1 is 1.31 bits per heavy atom. The minimum atomic E-state index is -0.230. The molecule has 0 bridgehead atoms. The minimum Gasteiger partial charge on any atom is -0.490 e. The van der Waals surface area contributed by atoms with Crippen molar-refractivity contribution in [1.29, 1.82) is 0 Å². The van der Waals surface area contributed by atoms with Gasteiger partial charge in [0.1, 0.15) is 18.2 Å². The molecule has 0 N–H and O–H groups in total. The molecule has 84 valence electrons. The van der Waals surface area contributed by atoms with Crippen LogP contribution in [0.15, 0.2) is 48.9 Å². The number of halogens is 1. The van der Waals surface area contributed by atoms with Crippen LogP contribution in [0.3, 0.4) is 0 Å². The van der Waals surface area contributed by atoms with Crippen molar-refractivity contribution in [2.24, 2.45) is 0 Å². The number of hydrogen-bond acceptors (Lipinski definition) is 2. The van der Waals surface area contributed by atoms with Crippen molar-refractivity contribution in [1.82, 2.24) is 4.90 Å². The minimum absolute atomic E-state index is 0.0681. The molecule has 1 fully saturated rings. The first-order chi connectivity index (χ1) is 7.59. The predicted molar refractivity (Wildman–Crippen MR) is 61.1 cm³/mol. The van der Waals surface area contributed by atoms with E-state index in [9.17, 15) is 4.39 Å². The van der Waals surface area contributed by atoms with Gasteiger partial charge in [0.25, 0.3) is 0 Å². The molecule has 0 spiro atoms. The van der Waals surface area contributed by atoms with E-state index in [0.717, 1.165) is 11.3 Å². The third-order valence-electron chi connectivity index (χ3n) is 2.89. The molecular formula is C13H14FNO. The molecule has 1 aromatic rings. The fraction of sp³-hybridized carbons (Fsp3) is 0.231. The summed E-state index contributed by atoms with van der Waals surface area (Å²) in [6.45, 7) is 8.18. The number of rotatable bonds is 1. The van der Waals surface area contributed by atoms with Crippen LogP contribution in [0.4, 0.5) is 4.39 Å². The van der Waals surface area contributed by atoms with Gasteiger partial charge in [-0.05, 0) is 17.7 Å². The molecule has 1 atom stereocenters. The smallest absolute Gasteiger partial charge is 0.134 e. The molecule has 0 aromatic heterocycles. The van der Waals surface area contributed by atoms with Crippen LogP contribution in [0.25, 0.3) is 0 Å². The van der Waals surface area contributed by atoms with Gasteiger partial charge in [-0.15, -0.1) is 0 Å². The quantitative estimate of drug-likeness (QED) is 0.720. The van der Waals surface area contributed by atoms with Gasteiger partial charge in [0, 0.05) is 7.05 Å². The summed E-state index contributed by atoms with van der Waals surface area (Å²) in [4.78, 5) is 2.00. The zero-order chi connectivity index (χ0) is 11.7. The Hall–Kier alpha value is -1.77. The lowest BCUT2D eigenvalue weighted by Gasteiger charge is -2.37. The largest absolute Gasteiger partial charge is 0.490 e. The molecule has 2 nitrogen and oxygen atoms in total. The fourth-order valence-corrected chi connectivity index (χ4v) is 1.76. The number of likely N-dealkylation sites (N-methyl/N-ethyl adjacent to an activating group) is 1. The summed E-state index contributed by atoms with van der Waals surface area (Å²) in [5, 5.41) is 0. The van der Waals surface area contributed by atoms with Gasteiger partial charge >= 0.3 is 0 Å². The van der Waals surface area contributed by atoms with Gasteiger partial charge in [0.15, 0.2) is 0 Å². The van der Waals surface area contributed by atoms with E-state index in [4.69, 9.17) is 4.74 Å². The zero-order valence-electron chi connectivity index (χ0n) is 9.24. The van der Waals surface area contributed by atoms with E-state index >= 15 is 0 Å². The number of nitrogens with zero attached hydrogens (tertiary/aromatic N) is 1. The van der Waals surface area contributed by atoms with E-state index in [1.165, 1.54) is 12.1 Å². The lowest BCUT2D eigenvalue weighted by atomic mass is 10.0. The molecule has 0 aliphatic carbocycles. The summed E-state index contributed by atoms with van der Waals surface area (Å²) in [5.74, 6) is 0.368. The normalized spacial score (nSPS) is 20.9. The highest BCUT2D eigenvalue weighted by atomic mass is 19.1. The van der Waals surface area contributed by atoms with Crippen LogP contribution in [0.2, 0.25) is 0 Å². The number of morpholine rings is 1. The van der Waals surface area contributed by atoms with Gasteiger partial charge in [0.05, 0.1) is 11.7 Å². The van der Waals surface area contributed by atoms with Crippen molar-refractivity contribution in [3.8, 4) is 0 Å². The fourth-order valence-electron chi connectivity index (χ4n) is 1.76. The molecule has 16 heavy (non-hydrogen) atoms. The first-order valence-electron chi connectivity index (χ1n) is 5.09. The maximum Gasteiger partial charge on any atom is 0.134 e. The molecule has 2 rings (SSSR count). The van der Waals surface area contributed by atoms with E-state index in [1.807, 2.05) is 11.9 Å². The maximum atomic E-state index is 12.8. The summed E-state index contributed by atoms with van der Waals surface area (Å²) in [7, 11) is 1.93. The van der Waals surface area contributed by atoms with Crippen LogP contribution >= 0.6 is 0 Å². The van der Waals surface area contributed by atoms with Gasteiger partial charge < -0.3 is 9.64 Å². The summed E-state index contributed by atoms with van der Waals surface area (Å²) >= 11 is 0. The van der Waals surface area contributed by atoms with Crippen molar-refractivity contribution in [3.05, 3.63) is 60.3 Å². The first-order valence-corrected chi connectivity index (χ1v) is 5.09. The molecule has 0 saturated carbocycles. The summed E-state index contributed by atoms with van der Waals surface area (Å²) in [5.41, 5.74) is 1.78. The Labute approximate surface area is 94.6 Å². The standard InChI is InChI=1S/C13H14FNO/c1-9-10(2)16-8-13(15(9)3)11-4-6-12(14)7-5-11/h4-7,13H,1-2,8H2,3H3. The summed E-state index contributed by atoms with van der Waals surface area (Å²) in [6, 6.07) is 6.51. The van der Waals surface area contributed by atoms with Crippen LogP contribution in [0.5, 0.6) is 0 Å². The Morgan fingerprint density at radius 3 is 2.56 bits per heavy atom. The van der Waals surface area contributed by atoms with E-state index in [1.54, 1.807) is 12.1 Å². The van der Waals surface area contributed by atoms with Crippen molar-refractivity contribution >= 4 is 0 Å². The molecule has 1 unspecified atom stereocenters. The Kier molecular flexibility index (Phi) is 2.69. The molecule has 3 heteroatoms. The van der Waals surface area contributed by atoms with E-state index in [2.05, 4.69) is 13.2 Å². The SMILES string of the molecule is C=C1OCC(c2ccc(F)cc2)N(C)C1=C. The molecule has 0 amide bonds. The zero-order valence-corrected chi connectivity index (χ0v) is 9.24. The number of hydrogen-bond donors (Lipinski definition) is 0. The van der Waals surface area contributed by atoms with E-state index in [0.29, 0.717) is 12.4 Å². The Bertz CT molecular complexity index is 424. The van der Waals surface area contributed by atoms with Crippen molar-refractivity contribution in [3.63, 3.8) is 0 Å². The Balaban J connectivity index is 2.25. The van der Waals surface area contributed by atoms with Crippen LogP contribution < -0.4 is 0 Å². The van der Waals surface area contributed by atoms with Crippen molar-refractivity contribution in [2.75, 3.05) is 13.7 Å². The topological polar surface area (TPSA) is 12.5 Å². The lowest BCUT2D eigenvalue weighted by Crippen LogP contribution is -2.33. The average molecular weight is 219 g/mol. The van der Waals surface area contributed by atoms with E-state index in [-0.39, 0.29) is 11.9 Å². The summed E-state index contributed by atoms with van der Waals surface area (Å²) in [6.07, 6.45) is 0. The van der Waals surface area contributed by atoms with E-state index < -0.39 is 0 Å². The lowest BCUT2D eigenvalue weighted by molar-refractivity contribution is 0.0897. The predicted octanol–water partition coefficient (Wildman–Crippen LogP) is 2.86. The van der Waals surface area contributed by atoms with Gasteiger partial charge in [0.2, 0.25) is 0 Å². The molecule has 1 saturated heterocycles. The maximum absolute atomic E-state index is 12.8. The van der Waals surface area contributed by atoms with Crippen molar-refractivity contribution < 1.29 is 9.13 Å². The highest BCUT2D eigenvalue weighted by molar-refractivity contribution is 5.27. The summed E-state index contributed by atoms with van der Waals surface area (Å²) < 4.78 is 18.2. The highest BCUT2D eigenvalue weighted by Crippen LogP contribution is 2.31. The van der Waals surface area contributed by atoms with Crippen LogP contribution in [-0.2, 0) is 4.74 Å². The molecule has 1 aromatic carbocycles. The van der Waals surface area contributed by atoms with Gasteiger partial charge in [-0.2, -0.15) is 0 Å². The van der Waals surface area contributed by atoms with Gasteiger partial charge in [-0.3, -0.25) is 0 Å². The number of benzene rings is 1. The monoisotopic (exact) mass is 219 g/mol. The van der Waals surface area contributed by atoms with Crippen LogP contribution in [0, 0.1) is 5.82 Å². The second kappa shape index (κ2) is 4.00. The second-order valence-corrected chi connectivity index (χ2v) is 3.86. The number of ether oxygens (including phenoxy) is 1. The van der Waals surface area contributed by atoms with Gasteiger partial charge in [-0.1, -0.05) is 25.3 Å². The second-order valence-electron chi connectivity index (χ2n) is 3.86. The molecule has 1 aliphatic rings.